The van der Waals surface area contributed by atoms with E-state index in [1.54, 1.807) is 0 Å². The van der Waals surface area contributed by atoms with Gasteiger partial charge in [0.2, 0.25) is 5.60 Å². The third kappa shape index (κ3) is 2.73. The van der Waals surface area contributed by atoms with E-state index in [1.807, 2.05) is 0 Å². The van der Waals surface area contributed by atoms with Gasteiger partial charge in [0, 0.05) is 16.7 Å². The van der Waals surface area contributed by atoms with E-state index in [0.29, 0.717) is 0 Å². The normalized spacial score (nSPS) is 23.0. The van der Waals surface area contributed by atoms with Gasteiger partial charge in [-0.2, -0.15) is 13.2 Å². The van der Waals surface area contributed by atoms with E-state index in [2.05, 4.69) is 0 Å². The lowest BCUT2D eigenvalue weighted by Crippen LogP contribution is -2.53. The average Bonchev–Trinajstić information content (AvgIpc) is 2.55. The molecule has 25 heavy (non-hydrogen) atoms. The number of rotatable bonds is 2. The lowest BCUT2D eigenvalue weighted by Gasteiger charge is -2.40. The third-order valence-corrected chi connectivity index (χ3v) is 4.35. The van der Waals surface area contributed by atoms with Gasteiger partial charge in [-0.25, -0.2) is 0 Å². The second-order valence-electron chi connectivity index (χ2n) is 5.53. The number of ether oxygens (including phenoxy) is 2. The molecule has 0 aliphatic carbocycles. The van der Waals surface area contributed by atoms with Gasteiger partial charge in [-0.15, -0.1) is 0 Å². The molecule has 0 saturated carbocycles. The zero-order valence-electron chi connectivity index (χ0n) is 12.8. The Balaban J connectivity index is 2.24. The van der Waals surface area contributed by atoms with Crippen LogP contribution in [0, 0.1) is 0 Å². The van der Waals surface area contributed by atoms with Crippen molar-refractivity contribution < 1.29 is 32.5 Å². The topological polar surface area (TPSA) is 55.8 Å². The van der Waals surface area contributed by atoms with Gasteiger partial charge in [0.15, 0.2) is 0 Å². The molecule has 0 radical (unpaired) electrons. The van der Waals surface area contributed by atoms with Crippen LogP contribution in [0.4, 0.5) is 13.2 Å². The SMILES string of the molecule is COc1ccc2c(c1)OC(=O)C(c1ccc(Cl)cc1)C2(O)C(F)(F)F. The van der Waals surface area contributed by atoms with Crippen LogP contribution in [0.1, 0.15) is 17.0 Å². The summed E-state index contributed by atoms with van der Waals surface area (Å²) in [4.78, 5) is 12.3. The summed E-state index contributed by atoms with van der Waals surface area (Å²) >= 11 is 5.75. The zero-order valence-corrected chi connectivity index (χ0v) is 13.6. The Labute approximate surface area is 145 Å². The second kappa shape index (κ2) is 5.93. The lowest BCUT2D eigenvalue weighted by molar-refractivity contribution is -0.278. The number of esters is 1. The maximum absolute atomic E-state index is 13.9. The summed E-state index contributed by atoms with van der Waals surface area (Å²) in [6, 6.07) is 8.60. The molecule has 1 N–H and O–H groups in total. The van der Waals surface area contributed by atoms with Crippen LogP contribution in [0.5, 0.6) is 11.5 Å². The summed E-state index contributed by atoms with van der Waals surface area (Å²) in [6.07, 6.45) is -5.12. The third-order valence-electron chi connectivity index (χ3n) is 4.10. The molecular weight excluding hydrogens is 361 g/mol. The van der Waals surface area contributed by atoms with Crippen LogP contribution >= 0.6 is 11.6 Å². The first kappa shape index (κ1) is 17.6. The summed E-state index contributed by atoms with van der Waals surface area (Å²) in [5.74, 6) is -3.40. The molecule has 0 amide bonds. The summed E-state index contributed by atoms with van der Waals surface area (Å²) in [7, 11) is 1.32. The minimum Gasteiger partial charge on any atom is -0.497 e. The number of halogens is 4. The molecule has 1 heterocycles. The van der Waals surface area contributed by atoms with Crippen LogP contribution in [0.2, 0.25) is 5.02 Å². The Bertz CT molecular complexity index is 820. The van der Waals surface area contributed by atoms with Gasteiger partial charge in [-0.3, -0.25) is 4.79 Å². The minimum absolute atomic E-state index is 0.0595. The number of fused-ring (bicyclic) bond motifs is 1. The molecule has 1 aliphatic rings. The molecule has 4 nitrogen and oxygen atoms in total. The number of hydrogen-bond donors (Lipinski definition) is 1. The van der Waals surface area contributed by atoms with Crippen LogP contribution in [0.25, 0.3) is 0 Å². The van der Waals surface area contributed by atoms with Crippen molar-refractivity contribution in [2.45, 2.75) is 17.7 Å². The summed E-state index contributed by atoms with van der Waals surface area (Å²) in [5, 5.41) is 11.0. The second-order valence-corrected chi connectivity index (χ2v) is 5.97. The fraction of sp³-hybridized carbons (Fsp3) is 0.235. The van der Waals surface area contributed by atoms with Crippen LogP contribution in [0.3, 0.4) is 0 Å². The Kier molecular flexibility index (Phi) is 4.17. The highest BCUT2D eigenvalue weighted by Crippen LogP contribution is 2.54. The Hall–Kier alpha value is -2.25. The average molecular weight is 373 g/mol. The predicted octanol–water partition coefficient (Wildman–Crippen LogP) is 3.80. The highest BCUT2D eigenvalue weighted by atomic mass is 35.5. The Morgan fingerprint density at radius 2 is 1.84 bits per heavy atom. The van der Waals surface area contributed by atoms with Gasteiger partial charge in [0.05, 0.1) is 7.11 Å². The summed E-state index contributed by atoms with van der Waals surface area (Å²) < 4.78 is 51.6. The first-order valence-electron chi connectivity index (χ1n) is 7.13. The number of hydrogen-bond acceptors (Lipinski definition) is 4. The van der Waals surface area contributed by atoms with Crippen molar-refractivity contribution in [2.75, 3.05) is 7.11 Å². The predicted molar refractivity (Wildman–Crippen MR) is 82.8 cm³/mol. The fourth-order valence-corrected chi connectivity index (χ4v) is 3.00. The standard InChI is InChI=1S/C17H12ClF3O4/c1-24-11-6-7-12-13(8-11)25-15(22)14(16(12,23)17(19,20)21)9-2-4-10(18)5-3-9/h2-8,14,23H,1H3. The molecule has 132 valence electrons. The molecule has 2 aromatic carbocycles. The first-order valence-corrected chi connectivity index (χ1v) is 7.51. The quantitative estimate of drug-likeness (QED) is 0.643. The molecular formula is C17H12ClF3O4. The molecule has 8 heteroatoms. The molecule has 0 aromatic heterocycles. The van der Waals surface area contributed by atoms with E-state index >= 15 is 0 Å². The largest absolute Gasteiger partial charge is 0.497 e. The highest BCUT2D eigenvalue weighted by molar-refractivity contribution is 6.30. The molecule has 0 spiro atoms. The maximum atomic E-state index is 13.9. The van der Waals surface area contributed by atoms with Crippen molar-refractivity contribution in [1.82, 2.24) is 0 Å². The van der Waals surface area contributed by atoms with Gasteiger partial charge in [-0.1, -0.05) is 23.7 Å². The zero-order chi connectivity index (χ0) is 18.4. The fourth-order valence-electron chi connectivity index (χ4n) is 2.87. The highest BCUT2D eigenvalue weighted by Gasteiger charge is 2.66. The number of carbonyl (C=O) groups excluding carboxylic acids is 1. The van der Waals surface area contributed by atoms with Crippen LogP contribution in [-0.2, 0) is 10.4 Å². The number of carbonyl (C=O) groups is 1. The summed E-state index contributed by atoms with van der Waals surface area (Å²) in [5.41, 5.74) is -4.06. The molecule has 0 saturated heterocycles. The molecule has 2 unspecified atom stereocenters. The Morgan fingerprint density at radius 1 is 1.20 bits per heavy atom. The summed E-state index contributed by atoms with van der Waals surface area (Å²) in [6.45, 7) is 0. The molecule has 2 aromatic rings. The van der Waals surface area contributed by atoms with Gasteiger partial charge in [0.25, 0.3) is 0 Å². The van der Waals surface area contributed by atoms with Gasteiger partial charge in [0.1, 0.15) is 17.4 Å². The Morgan fingerprint density at radius 3 is 2.40 bits per heavy atom. The van der Waals surface area contributed by atoms with E-state index in [1.165, 1.54) is 37.4 Å². The van der Waals surface area contributed by atoms with E-state index in [9.17, 15) is 23.1 Å². The van der Waals surface area contributed by atoms with Crippen LogP contribution in [-0.4, -0.2) is 24.4 Å². The smallest absolute Gasteiger partial charge is 0.422 e. The maximum Gasteiger partial charge on any atom is 0.422 e. The van der Waals surface area contributed by atoms with Gasteiger partial charge in [-0.05, 0) is 29.8 Å². The van der Waals surface area contributed by atoms with Crippen molar-refractivity contribution in [3.63, 3.8) is 0 Å². The first-order chi connectivity index (χ1) is 11.7. The lowest BCUT2D eigenvalue weighted by atomic mass is 9.74. The van der Waals surface area contributed by atoms with Crippen molar-refractivity contribution in [1.29, 1.82) is 0 Å². The molecule has 0 bridgehead atoms. The molecule has 1 aliphatic heterocycles. The van der Waals surface area contributed by atoms with Crippen molar-refractivity contribution in [3.05, 3.63) is 58.6 Å². The number of benzene rings is 2. The van der Waals surface area contributed by atoms with E-state index < -0.39 is 35.0 Å². The van der Waals surface area contributed by atoms with Crippen molar-refractivity contribution >= 4 is 17.6 Å². The van der Waals surface area contributed by atoms with Crippen LogP contribution in [0.15, 0.2) is 42.5 Å². The van der Waals surface area contributed by atoms with Gasteiger partial charge >= 0.3 is 12.1 Å². The molecule has 3 rings (SSSR count). The number of alkyl halides is 3. The van der Waals surface area contributed by atoms with E-state index in [0.717, 1.165) is 12.1 Å². The van der Waals surface area contributed by atoms with Crippen LogP contribution < -0.4 is 9.47 Å². The van der Waals surface area contributed by atoms with Crippen molar-refractivity contribution in [3.8, 4) is 11.5 Å². The van der Waals surface area contributed by atoms with E-state index in [4.69, 9.17) is 21.1 Å². The van der Waals surface area contributed by atoms with Crippen molar-refractivity contribution in [2.24, 2.45) is 0 Å². The monoisotopic (exact) mass is 372 g/mol. The number of methoxy groups -OCH3 is 1. The molecule has 2 atom stereocenters. The van der Waals surface area contributed by atoms with E-state index in [-0.39, 0.29) is 16.3 Å². The minimum atomic E-state index is -5.12. The number of aliphatic hydroxyl groups is 1. The van der Waals surface area contributed by atoms with Gasteiger partial charge < -0.3 is 14.6 Å². The molecule has 0 fully saturated rings.